The van der Waals surface area contributed by atoms with Gasteiger partial charge in [0, 0.05) is 37.7 Å². The van der Waals surface area contributed by atoms with Crippen molar-refractivity contribution in [1.82, 2.24) is 15.3 Å². The third-order valence-corrected chi connectivity index (χ3v) is 3.78. The Kier molecular flexibility index (Phi) is 5.19. The van der Waals surface area contributed by atoms with Gasteiger partial charge in [-0.2, -0.15) is 0 Å². The summed E-state index contributed by atoms with van der Waals surface area (Å²) < 4.78 is 5.56. The smallest absolute Gasteiger partial charge is 0.137 e. The van der Waals surface area contributed by atoms with Gasteiger partial charge in [-0.3, -0.25) is 0 Å². The topological polar surface area (TPSA) is 49.9 Å². The molecule has 0 radical (unpaired) electrons. The Balaban J connectivity index is 1.56. The normalized spacial score (nSPS) is 12.2. The van der Waals surface area contributed by atoms with Crippen LogP contribution >= 0.6 is 0 Å². The molecule has 3 rings (SSSR count). The lowest BCUT2D eigenvalue weighted by Crippen LogP contribution is -2.22. The Bertz CT molecular complexity index is 710. The highest BCUT2D eigenvalue weighted by molar-refractivity contribution is 5.54. The van der Waals surface area contributed by atoms with Gasteiger partial charge in [0.2, 0.25) is 0 Å². The van der Waals surface area contributed by atoms with E-state index < -0.39 is 0 Å². The molecule has 2 N–H and O–H groups in total. The van der Waals surface area contributed by atoms with Gasteiger partial charge >= 0.3 is 0 Å². The lowest BCUT2D eigenvalue weighted by atomic mass is 10.1. The van der Waals surface area contributed by atoms with Crippen molar-refractivity contribution in [2.24, 2.45) is 0 Å². The molecule has 1 atom stereocenters. The van der Waals surface area contributed by atoms with E-state index >= 15 is 0 Å². The van der Waals surface area contributed by atoms with Gasteiger partial charge in [-0.15, -0.1) is 0 Å². The zero-order valence-corrected chi connectivity index (χ0v) is 13.2. The van der Waals surface area contributed by atoms with Crippen LogP contribution in [0.1, 0.15) is 17.4 Å². The van der Waals surface area contributed by atoms with E-state index in [1.54, 1.807) is 7.11 Å². The molecule has 1 unspecified atom stereocenters. The molecule has 1 aromatic heterocycles. The molecule has 0 bridgehead atoms. The average Bonchev–Trinajstić information content (AvgIpc) is 3.09. The Morgan fingerprint density at radius 2 is 1.74 bits per heavy atom. The van der Waals surface area contributed by atoms with E-state index in [9.17, 15) is 0 Å². The Morgan fingerprint density at radius 3 is 2.43 bits per heavy atom. The van der Waals surface area contributed by atoms with Gasteiger partial charge in [0.25, 0.3) is 0 Å². The van der Waals surface area contributed by atoms with Gasteiger partial charge in [0.15, 0.2) is 0 Å². The SMILES string of the molecule is COC(CNCc1cnc(-c2ccccc2)[nH]1)c1ccccc1. The zero-order chi connectivity index (χ0) is 15.9. The predicted octanol–water partition coefficient (Wildman–Crippen LogP) is 3.55. The summed E-state index contributed by atoms with van der Waals surface area (Å²) in [5, 5.41) is 3.42. The minimum Gasteiger partial charge on any atom is -0.375 e. The molecule has 0 aliphatic rings. The van der Waals surface area contributed by atoms with Crippen LogP contribution in [-0.4, -0.2) is 23.6 Å². The van der Waals surface area contributed by atoms with Gasteiger partial charge in [-0.25, -0.2) is 4.98 Å². The van der Waals surface area contributed by atoms with Crippen LogP contribution in [0.15, 0.2) is 66.9 Å². The van der Waals surface area contributed by atoms with Crippen molar-refractivity contribution in [1.29, 1.82) is 0 Å². The van der Waals surface area contributed by atoms with Gasteiger partial charge in [-0.1, -0.05) is 60.7 Å². The number of aromatic amines is 1. The number of aromatic nitrogens is 2. The van der Waals surface area contributed by atoms with Crippen LogP contribution in [0, 0.1) is 0 Å². The highest BCUT2D eigenvalue weighted by Gasteiger charge is 2.09. The molecular weight excluding hydrogens is 286 g/mol. The molecule has 0 spiro atoms. The second-order valence-corrected chi connectivity index (χ2v) is 5.39. The quantitative estimate of drug-likeness (QED) is 0.702. The Hall–Kier alpha value is -2.43. The first-order valence-electron chi connectivity index (χ1n) is 7.74. The summed E-state index contributed by atoms with van der Waals surface area (Å²) in [4.78, 5) is 7.78. The van der Waals surface area contributed by atoms with Gasteiger partial charge < -0.3 is 15.0 Å². The molecule has 0 saturated heterocycles. The number of hydrogen-bond acceptors (Lipinski definition) is 3. The average molecular weight is 307 g/mol. The van der Waals surface area contributed by atoms with E-state index in [-0.39, 0.29) is 6.10 Å². The highest BCUT2D eigenvalue weighted by atomic mass is 16.5. The molecule has 23 heavy (non-hydrogen) atoms. The van der Waals surface area contributed by atoms with Crippen LogP contribution in [0.5, 0.6) is 0 Å². The molecule has 3 aromatic rings. The van der Waals surface area contributed by atoms with Gasteiger partial charge in [-0.05, 0) is 5.56 Å². The number of hydrogen-bond donors (Lipinski definition) is 2. The van der Waals surface area contributed by atoms with E-state index in [1.807, 2.05) is 54.7 Å². The van der Waals surface area contributed by atoms with Crippen molar-refractivity contribution in [2.45, 2.75) is 12.6 Å². The number of H-pyrrole nitrogens is 1. The number of methoxy groups -OCH3 is 1. The van der Waals surface area contributed by atoms with E-state index in [1.165, 1.54) is 5.56 Å². The number of nitrogens with one attached hydrogen (secondary N) is 2. The Morgan fingerprint density at radius 1 is 1.04 bits per heavy atom. The fourth-order valence-electron chi connectivity index (χ4n) is 2.53. The molecule has 4 heteroatoms. The number of ether oxygens (including phenoxy) is 1. The first kappa shape index (κ1) is 15.5. The summed E-state index contributed by atoms with van der Waals surface area (Å²) >= 11 is 0. The summed E-state index contributed by atoms with van der Waals surface area (Å²) in [5.74, 6) is 0.897. The summed E-state index contributed by atoms with van der Waals surface area (Å²) in [5.41, 5.74) is 3.33. The van der Waals surface area contributed by atoms with Crippen LogP contribution < -0.4 is 5.32 Å². The maximum absolute atomic E-state index is 5.56. The van der Waals surface area contributed by atoms with E-state index in [2.05, 4.69) is 27.4 Å². The van der Waals surface area contributed by atoms with Gasteiger partial charge in [0.1, 0.15) is 5.82 Å². The van der Waals surface area contributed by atoms with Crippen molar-refractivity contribution >= 4 is 0 Å². The maximum atomic E-state index is 5.56. The number of imidazole rings is 1. The minimum atomic E-state index is 0.0488. The summed E-state index contributed by atoms with van der Waals surface area (Å²) in [6, 6.07) is 20.4. The second-order valence-electron chi connectivity index (χ2n) is 5.39. The minimum absolute atomic E-state index is 0.0488. The van der Waals surface area contributed by atoms with Crippen LogP contribution in [-0.2, 0) is 11.3 Å². The van der Waals surface area contributed by atoms with Gasteiger partial charge in [0.05, 0.1) is 6.10 Å². The molecule has 0 aliphatic heterocycles. The molecule has 0 saturated carbocycles. The fraction of sp³-hybridized carbons (Fsp3) is 0.211. The van der Waals surface area contributed by atoms with Crippen molar-refractivity contribution < 1.29 is 4.74 Å². The van der Waals surface area contributed by atoms with Crippen molar-refractivity contribution in [3.63, 3.8) is 0 Å². The third kappa shape index (κ3) is 4.06. The molecular formula is C19H21N3O. The molecule has 118 valence electrons. The van der Waals surface area contributed by atoms with Crippen molar-refractivity contribution in [3.8, 4) is 11.4 Å². The van der Waals surface area contributed by atoms with E-state index in [0.29, 0.717) is 0 Å². The molecule has 4 nitrogen and oxygen atoms in total. The van der Waals surface area contributed by atoms with E-state index in [0.717, 1.165) is 30.2 Å². The van der Waals surface area contributed by atoms with Crippen LogP contribution in [0.25, 0.3) is 11.4 Å². The number of benzene rings is 2. The summed E-state index contributed by atoms with van der Waals surface area (Å²) in [7, 11) is 1.74. The lowest BCUT2D eigenvalue weighted by molar-refractivity contribution is 0.102. The van der Waals surface area contributed by atoms with Crippen molar-refractivity contribution in [2.75, 3.05) is 13.7 Å². The highest BCUT2D eigenvalue weighted by Crippen LogP contribution is 2.16. The van der Waals surface area contributed by atoms with E-state index in [4.69, 9.17) is 4.74 Å². The predicted molar refractivity (Wildman–Crippen MR) is 91.9 cm³/mol. The van der Waals surface area contributed by atoms with Crippen LogP contribution in [0.4, 0.5) is 0 Å². The zero-order valence-electron chi connectivity index (χ0n) is 13.2. The molecule has 0 fully saturated rings. The molecule has 2 aromatic carbocycles. The second kappa shape index (κ2) is 7.72. The Labute approximate surface area is 136 Å². The lowest BCUT2D eigenvalue weighted by Gasteiger charge is -2.16. The number of nitrogens with zero attached hydrogens (tertiary/aromatic N) is 1. The monoisotopic (exact) mass is 307 g/mol. The van der Waals surface area contributed by atoms with Crippen molar-refractivity contribution in [3.05, 3.63) is 78.1 Å². The first-order valence-corrected chi connectivity index (χ1v) is 7.74. The van der Waals surface area contributed by atoms with Crippen LogP contribution in [0.3, 0.4) is 0 Å². The summed E-state index contributed by atoms with van der Waals surface area (Å²) in [6.45, 7) is 1.48. The molecule has 0 aliphatic carbocycles. The van der Waals surface area contributed by atoms with Crippen LogP contribution in [0.2, 0.25) is 0 Å². The molecule has 1 heterocycles. The maximum Gasteiger partial charge on any atom is 0.137 e. The fourth-order valence-corrected chi connectivity index (χ4v) is 2.53. The standard InChI is InChI=1S/C19H21N3O/c1-23-18(15-8-4-2-5-9-15)14-20-12-17-13-21-19(22-17)16-10-6-3-7-11-16/h2-11,13,18,20H,12,14H2,1H3,(H,21,22). The largest absolute Gasteiger partial charge is 0.375 e. The number of rotatable bonds is 7. The summed E-state index contributed by atoms with van der Waals surface area (Å²) in [6.07, 6.45) is 1.92. The third-order valence-electron chi connectivity index (χ3n) is 3.78. The first-order chi connectivity index (χ1) is 11.4. The molecule has 0 amide bonds.